The molecule has 4 rings (SSSR count). The van der Waals surface area contributed by atoms with Gasteiger partial charge in [-0.05, 0) is 42.5 Å². The predicted molar refractivity (Wildman–Crippen MR) is 121 cm³/mol. The van der Waals surface area contributed by atoms with E-state index >= 15 is 0 Å². The molecule has 4 aromatic rings. The van der Waals surface area contributed by atoms with Gasteiger partial charge in [0.15, 0.2) is 5.82 Å². The number of nitrogens with one attached hydrogen (secondary N) is 2. The van der Waals surface area contributed by atoms with Crippen molar-refractivity contribution >= 4 is 46.5 Å². The van der Waals surface area contributed by atoms with Gasteiger partial charge in [-0.2, -0.15) is 19.0 Å². The number of amides is 1. The Balaban J connectivity index is 1.45. The lowest BCUT2D eigenvalue weighted by Gasteiger charge is -2.06. The monoisotopic (exact) mass is 511 g/mol. The minimum atomic E-state index is -2.91. The molecular weight excluding hydrogens is 499 g/mol. The molecule has 170 valence electrons. The van der Waals surface area contributed by atoms with Gasteiger partial charge in [0.25, 0.3) is 5.91 Å². The third kappa shape index (κ3) is 5.44. The third-order valence-corrected chi connectivity index (χ3v) is 5.51. The van der Waals surface area contributed by atoms with Crippen molar-refractivity contribution in [1.29, 1.82) is 0 Å². The van der Waals surface area contributed by atoms with Crippen molar-refractivity contribution in [3.63, 3.8) is 0 Å². The molecule has 2 aromatic heterocycles. The van der Waals surface area contributed by atoms with Crippen molar-refractivity contribution in [3.05, 3.63) is 81.1 Å². The summed E-state index contributed by atoms with van der Waals surface area (Å²) in [4.78, 5) is 12.6. The molecule has 0 spiro atoms. The topological polar surface area (TPSA) is 84.8 Å². The van der Waals surface area contributed by atoms with Gasteiger partial charge in [-0.1, -0.05) is 40.9 Å². The molecule has 0 saturated heterocycles. The second-order valence-electron chi connectivity index (χ2n) is 6.75. The molecule has 12 heteroatoms. The third-order valence-electron chi connectivity index (χ3n) is 4.53. The van der Waals surface area contributed by atoms with Crippen LogP contribution in [0.1, 0.15) is 16.1 Å². The Morgan fingerprint density at radius 3 is 2.45 bits per heavy atom. The maximum atomic E-state index is 12.6. The number of benzene rings is 2. The highest BCUT2D eigenvalue weighted by molar-refractivity contribution is 6.36. The highest BCUT2D eigenvalue weighted by Crippen LogP contribution is 2.27. The van der Waals surface area contributed by atoms with Gasteiger partial charge in [-0.3, -0.25) is 14.6 Å². The lowest BCUT2D eigenvalue weighted by Crippen LogP contribution is -2.13. The number of alkyl halides is 2. The van der Waals surface area contributed by atoms with E-state index in [4.69, 9.17) is 34.8 Å². The summed E-state index contributed by atoms with van der Waals surface area (Å²) in [5.41, 5.74) is 1.86. The molecule has 0 saturated carbocycles. The SMILES string of the molecule is O=C(Nc1nn(Cc2c(Cl)cccc2Cl)cc1Cl)c1cc(-c2ccc(OC(F)F)cc2)n[nH]1. The molecule has 0 radical (unpaired) electrons. The first-order chi connectivity index (χ1) is 15.8. The number of carbonyl (C=O) groups excluding carboxylic acids is 1. The number of rotatable bonds is 7. The molecule has 2 heterocycles. The Morgan fingerprint density at radius 1 is 1.09 bits per heavy atom. The van der Waals surface area contributed by atoms with E-state index in [1.54, 1.807) is 30.3 Å². The van der Waals surface area contributed by atoms with E-state index in [-0.39, 0.29) is 28.8 Å². The molecule has 0 fully saturated rings. The van der Waals surface area contributed by atoms with Gasteiger partial charge in [-0.25, -0.2) is 0 Å². The summed E-state index contributed by atoms with van der Waals surface area (Å²) in [6.07, 6.45) is 1.54. The van der Waals surface area contributed by atoms with Crippen LogP contribution in [0.4, 0.5) is 14.6 Å². The molecule has 0 aliphatic heterocycles. The average Bonchev–Trinajstić information content (AvgIpc) is 3.38. The van der Waals surface area contributed by atoms with Gasteiger partial charge in [0.05, 0.1) is 12.2 Å². The first-order valence-corrected chi connectivity index (χ1v) is 10.5. The van der Waals surface area contributed by atoms with Gasteiger partial charge in [0.2, 0.25) is 0 Å². The van der Waals surface area contributed by atoms with Crippen LogP contribution in [-0.4, -0.2) is 32.5 Å². The first-order valence-electron chi connectivity index (χ1n) is 9.38. The Morgan fingerprint density at radius 2 is 1.79 bits per heavy atom. The lowest BCUT2D eigenvalue weighted by molar-refractivity contribution is -0.0498. The highest BCUT2D eigenvalue weighted by atomic mass is 35.5. The Hall–Kier alpha value is -3.14. The molecule has 0 aliphatic carbocycles. The zero-order valence-electron chi connectivity index (χ0n) is 16.5. The fourth-order valence-electron chi connectivity index (χ4n) is 2.98. The molecule has 0 aliphatic rings. The van der Waals surface area contributed by atoms with Crippen molar-refractivity contribution < 1.29 is 18.3 Å². The zero-order chi connectivity index (χ0) is 23.5. The van der Waals surface area contributed by atoms with Crippen LogP contribution in [0.3, 0.4) is 0 Å². The average molecular weight is 513 g/mol. The number of aromatic amines is 1. The number of halogens is 5. The standard InChI is InChI=1S/C21H14Cl3F2N5O2/c22-14-2-1-3-15(23)13(14)9-31-10-16(24)19(30-31)27-20(32)18-8-17(28-29-18)11-4-6-12(7-5-11)33-21(25)26/h1-8,10,21H,9H2,(H,28,29)(H,27,30,32). The van der Waals surface area contributed by atoms with Gasteiger partial charge in [0, 0.05) is 27.4 Å². The summed E-state index contributed by atoms with van der Waals surface area (Å²) in [6, 6.07) is 12.5. The summed E-state index contributed by atoms with van der Waals surface area (Å²) in [5, 5.41) is 14.8. The van der Waals surface area contributed by atoms with E-state index in [1.807, 2.05) is 0 Å². The zero-order valence-corrected chi connectivity index (χ0v) is 18.8. The number of hydrogen-bond acceptors (Lipinski definition) is 4. The van der Waals surface area contributed by atoms with Gasteiger partial charge >= 0.3 is 6.61 Å². The predicted octanol–water partition coefficient (Wildman–Crippen LogP) is 6.14. The Labute approximate surface area is 201 Å². The second-order valence-corrected chi connectivity index (χ2v) is 7.97. The molecular formula is C21H14Cl3F2N5O2. The van der Waals surface area contributed by atoms with Crippen LogP contribution in [0.15, 0.2) is 54.7 Å². The lowest BCUT2D eigenvalue weighted by atomic mass is 10.1. The van der Waals surface area contributed by atoms with Crippen LogP contribution in [0, 0.1) is 0 Å². The van der Waals surface area contributed by atoms with Gasteiger partial charge in [0.1, 0.15) is 16.5 Å². The number of anilines is 1. The van der Waals surface area contributed by atoms with Gasteiger partial charge < -0.3 is 10.1 Å². The highest BCUT2D eigenvalue weighted by Gasteiger charge is 2.16. The van der Waals surface area contributed by atoms with Crippen molar-refractivity contribution in [3.8, 4) is 17.0 Å². The fraction of sp³-hybridized carbons (Fsp3) is 0.0952. The summed E-state index contributed by atoms with van der Waals surface area (Å²) in [6.45, 7) is -2.65. The maximum Gasteiger partial charge on any atom is 0.387 e. The largest absolute Gasteiger partial charge is 0.435 e. The van der Waals surface area contributed by atoms with Crippen LogP contribution < -0.4 is 10.1 Å². The van der Waals surface area contributed by atoms with Crippen LogP contribution in [0.5, 0.6) is 5.75 Å². The number of carbonyl (C=O) groups is 1. The first kappa shape index (κ1) is 23.0. The molecule has 0 bridgehead atoms. The second kappa shape index (κ2) is 9.78. The number of ether oxygens (including phenoxy) is 1. The Bertz CT molecular complexity index is 1270. The van der Waals surface area contributed by atoms with Crippen molar-refractivity contribution in [2.45, 2.75) is 13.2 Å². The summed E-state index contributed by atoms with van der Waals surface area (Å²) < 4.78 is 30.4. The number of hydrogen-bond donors (Lipinski definition) is 2. The quantitative estimate of drug-likeness (QED) is 0.312. The summed E-state index contributed by atoms with van der Waals surface area (Å²) in [5.74, 6) is -0.352. The minimum Gasteiger partial charge on any atom is -0.435 e. The van der Waals surface area contributed by atoms with E-state index in [0.717, 1.165) is 0 Å². The molecule has 2 N–H and O–H groups in total. The van der Waals surface area contributed by atoms with Crippen LogP contribution >= 0.6 is 34.8 Å². The molecule has 7 nitrogen and oxygen atoms in total. The fourth-order valence-corrected chi connectivity index (χ4v) is 3.69. The minimum absolute atomic E-state index is 0.0190. The normalized spacial score (nSPS) is 11.1. The van der Waals surface area contributed by atoms with Crippen molar-refractivity contribution in [2.24, 2.45) is 0 Å². The maximum absolute atomic E-state index is 12.6. The molecule has 0 atom stereocenters. The van der Waals surface area contributed by atoms with E-state index < -0.39 is 12.5 Å². The number of nitrogens with zero attached hydrogens (tertiary/aromatic N) is 3. The van der Waals surface area contributed by atoms with E-state index in [9.17, 15) is 13.6 Å². The van der Waals surface area contributed by atoms with E-state index in [0.29, 0.717) is 26.9 Å². The van der Waals surface area contributed by atoms with Crippen molar-refractivity contribution in [1.82, 2.24) is 20.0 Å². The molecule has 33 heavy (non-hydrogen) atoms. The van der Waals surface area contributed by atoms with E-state index in [2.05, 4.69) is 25.3 Å². The van der Waals surface area contributed by atoms with Crippen LogP contribution in [-0.2, 0) is 6.54 Å². The van der Waals surface area contributed by atoms with Crippen LogP contribution in [0.25, 0.3) is 11.3 Å². The number of H-pyrrole nitrogens is 1. The molecule has 0 unspecified atom stereocenters. The smallest absolute Gasteiger partial charge is 0.387 e. The van der Waals surface area contributed by atoms with E-state index in [1.165, 1.54) is 29.1 Å². The number of aromatic nitrogens is 4. The van der Waals surface area contributed by atoms with Crippen molar-refractivity contribution in [2.75, 3.05) is 5.32 Å². The molecule has 2 aromatic carbocycles. The summed E-state index contributed by atoms with van der Waals surface area (Å²) in [7, 11) is 0. The summed E-state index contributed by atoms with van der Waals surface area (Å²) >= 11 is 18.6. The van der Waals surface area contributed by atoms with Gasteiger partial charge in [-0.15, -0.1) is 0 Å². The molecule has 1 amide bonds. The van der Waals surface area contributed by atoms with Crippen LogP contribution in [0.2, 0.25) is 15.1 Å². The Kier molecular flexibility index (Phi) is 6.83.